The third-order valence-electron chi connectivity index (χ3n) is 5.09. The number of benzene rings is 4. The fourth-order valence-electron chi connectivity index (χ4n) is 3.52. The molecule has 160 valence electrons. The van der Waals surface area contributed by atoms with Crippen LogP contribution in [0.25, 0.3) is 22.3 Å². The van der Waals surface area contributed by atoms with Crippen LogP contribution in [0.15, 0.2) is 122 Å². The zero-order chi connectivity index (χ0) is 22.8. The van der Waals surface area contributed by atoms with Crippen LogP contribution in [0.3, 0.4) is 0 Å². The zero-order valence-corrected chi connectivity index (χ0v) is 18.1. The third kappa shape index (κ3) is 5.99. The highest BCUT2D eigenvalue weighted by Gasteiger charge is 2.04. The monoisotopic (exact) mass is 420 g/mol. The molecular weight excluding hydrogens is 392 g/mol. The number of hydrogen-bond donors (Lipinski definition) is 2. The molecule has 0 heterocycles. The van der Waals surface area contributed by atoms with E-state index in [2.05, 4.69) is 37.4 Å². The van der Waals surface area contributed by atoms with E-state index >= 15 is 0 Å². The van der Waals surface area contributed by atoms with Gasteiger partial charge >= 0.3 is 0 Å². The summed E-state index contributed by atoms with van der Waals surface area (Å²) in [4.78, 5) is 0. The fourth-order valence-corrected chi connectivity index (χ4v) is 3.52. The van der Waals surface area contributed by atoms with Crippen molar-refractivity contribution in [2.45, 2.75) is 12.8 Å². The molecule has 0 aliphatic rings. The average molecular weight is 421 g/mol. The summed E-state index contributed by atoms with van der Waals surface area (Å²) >= 11 is 0. The Morgan fingerprint density at radius 1 is 0.562 bits per heavy atom. The van der Waals surface area contributed by atoms with Gasteiger partial charge in [0.15, 0.2) is 0 Å². The lowest BCUT2D eigenvalue weighted by molar-refractivity contribution is 0.470. The molecule has 32 heavy (non-hydrogen) atoms. The van der Waals surface area contributed by atoms with Crippen LogP contribution in [-0.4, -0.2) is 10.2 Å². The second-order valence-electron chi connectivity index (χ2n) is 7.40. The van der Waals surface area contributed by atoms with Gasteiger partial charge in [-0.15, -0.1) is 13.2 Å². The highest BCUT2D eigenvalue weighted by atomic mass is 16.3. The molecule has 0 saturated carbocycles. The Hall–Kier alpha value is -4.04. The molecule has 0 radical (unpaired) electrons. The van der Waals surface area contributed by atoms with Crippen molar-refractivity contribution in [3.05, 3.63) is 133 Å². The van der Waals surface area contributed by atoms with Gasteiger partial charge in [0.2, 0.25) is 0 Å². The van der Waals surface area contributed by atoms with Gasteiger partial charge in [-0.2, -0.15) is 0 Å². The number of phenols is 2. The normalized spacial score (nSPS) is 10.0. The highest BCUT2D eigenvalue weighted by Crippen LogP contribution is 2.28. The topological polar surface area (TPSA) is 40.5 Å². The minimum atomic E-state index is 0.302. The predicted octanol–water partition coefficient (Wildman–Crippen LogP) is 7.58. The molecule has 4 rings (SSSR count). The molecule has 0 atom stereocenters. The largest absolute Gasteiger partial charge is 0.508 e. The molecule has 0 aliphatic heterocycles. The van der Waals surface area contributed by atoms with Crippen molar-refractivity contribution in [1.82, 2.24) is 0 Å². The molecule has 2 nitrogen and oxygen atoms in total. The zero-order valence-electron chi connectivity index (χ0n) is 18.1. The minimum Gasteiger partial charge on any atom is -0.508 e. The van der Waals surface area contributed by atoms with Crippen molar-refractivity contribution in [2.24, 2.45) is 0 Å². The van der Waals surface area contributed by atoms with E-state index in [0.717, 1.165) is 34.2 Å². The predicted molar refractivity (Wildman–Crippen MR) is 135 cm³/mol. The molecule has 2 N–H and O–H groups in total. The summed E-state index contributed by atoms with van der Waals surface area (Å²) in [5.74, 6) is 0.635. The summed E-state index contributed by atoms with van der Waals surface area (Å²) in [5, 5.41) is 19.1. The number of hydrogen-bond acceptors (Lipinski definition) is 2. The first-order chi connectivity index (χ1) is 15.6. The second kappa shape index (κ2) is 11.4. The summed E-state index contributed by atoms with van der Waals surface area (Å²) in [7, 11) is 0. The van der Waals surface area contributed by atoms with Crippen LogP contribution in [0.4, 0.5) is 0 Å². The lowest BCUT2D eigenvalue weighted by atomic mass is 9.97. The Morgan fingerprint density at radius 2 is 1.16 bits per heavy atom. The summed E-state index contributed by atoms with van der Waals surface area (Å²) in [6.07, 6.45) is 5.09. The van der Waals surface area contributed by atoms with E-state index in [1.54, 1.807) is 24.3 Å². The van der Waals surface area contributed by atoms with Crippen molar-refractivity contribution in [2.75, 3.05) is 0 Å². The molecule has 0 fully saturated rings. The van der Waals surface area contributed by atoms with Gasteiger partial charge in [-0.3, -0.25) is 0 Å². The maximum Gasteiger partial charge on any atom is 0.119 e. The molecule has 4 aromatic rings. The molecule has 0 spiro atoms. The molecule has 0 aromatic heterocycles. The Kier molecular flexibility index (Phi) is 8.05. The van der Waals surface area contributed by atoms with E-state index in [4.69, 9.17) is 0 Å². The van der Waals surface area contributed by atoms with Crippen molar-refractivity contribution < 1.29 is 10.2 Å². The van der Waals surface area contributed by atoms with Crippen LogP contribution in [0.1, 0.15) is 11.1 Å². The first-order valence-electron chi connectivity index (χ1n) is 10.6. The van der Waals surface area contributed by atoms with Gasteiger partial charge in [0.05, 0.1) is 0 Å². The Labute approximate surface area is 190 Å². The van der Waals surface area contributed by atoms with Crippen LogP contribution in [0.2, 0.25) is 0 Å². The van der Waals surface area contributed by atoms with Crippen LogP contribution < -0.4 is 0 Å². The SMILES string of the molecule is C=CCc1cc(-c2ccccc2)ccc1O.C=CCc1cc(O)ccc1-c1ccccc1. The number of allylic oxidation sites excluding steroid dienone is 2. The molecule has 0 unspecified atom stereocenters. The summed E-state index contributed by atoms with van der Waals surface area (Å²) in [6.45, 7) is 7.43. The number of rotatable bonds is 6. The van der Waals surface area contributed by atoms with Crippen molar-refractivity contribution in [1.29, 1.82) is 0 Å². The minimum absolute atomic E-state index is 0.302. The van der Waals surface area contributed by atoms with Gasteiger partial charge < -0.3 is 10.2 Å². The van der Waals surface area contributed by atoms with Crippen LogP contribution >= 0.6 is 0 Å². The van der Waals surface area contributed by atoms with E-state index in [-0.39, 0.29) is 0 Å². The van der Waals surface area contributed by atoms with E-state index in [1.165, 1.54) is 5.56 Å². The van der Waals surface area contributed by atoms with Gasteiger partial charge in [0, 0.05) is 0 Å². The van der Waals surface area contributed by atoms with E-state index < -0.39 is 0 Å². The van der Waals surface area contributed by atoms with Gasteiger partial charge in [0.25, 0.3) is 0 Å². The standard InChI is InChI=1S/2C15H14O/c1-2-6-14-11-13(9-10-15(14)16)12-7-4-3-5-8-12;1-2-6-13-11-14(16)9-10-15(13)12-7-4-3-5-8-12/h2*2-5,7-11,16H,1,6H2. The maximum atomic E-state index is 9.67. The van der Waals surface area contributed by atoms with E-state index in [9.17, 15) is 10.2 Å². The fraction of sp³-hybridized carbons (Fsp3) is 0.0667. The lowest BCUT2D eigenvalue weighted by Gasteiger charge is -2.08. The Balaban J connectivity index is 0.000000181. The van der Waals surface area contributed by atoms with Crippen LogP contribution in [-0.2, 0) is 12.8 Å². The average Bonchev–Trinajstić information content (AvgIpc) is 2.83. The second-order valence-corrected chi connectivity index (χ2v) is 7.40. The molecule has 0 saturated heterocycles. The van der Waals surface area contributed by atoms with Gasteiger partial charge in [-0.1, -0.05) is 84.9 Å². The van der Waals surface area contributed by atoms with Gasteiger partial charge in [-0.25, -0.2) is 0 Å². The van der Waals surface area contributed by atoms with Crippen molar-refractivity contribution >= 4 is 0 Å². The quantitative estimate of drug-likeness (QED) is 0.316. The Bertz CT molecular complexity index is 1160. The van der Waals surface area contributed by atoms with E-state index in [0.29, 0.717) is 17.9 Å². The smallest absolute Gasteiger partial charge is 0.119 e. The molecule has 0 bridgehead atoms. The Morgan fingerprint density at radius 3 is 1.78 bits per heavy atom. The summed E-state index contributed by atoms with van der Waals surface area (Å²) < 4.78 is 0. The van der Waals surface area contributed by atoms with Crippen LogP contribution in [0.5, 0.6) is 11.5 Å². The summed E-state index contributed by atoms with van der Waals surface area (Å²) in [5.41, 5.74) is 6.61. The first kappa shape index (κ1) is 22.6. The molecular formula is C30H28O2. The lowest BCUT2D eigenvalue weighted by Crippen LogP contribution is -1.87. The van der Waals surface area contributed by atoms with E-state index in [1.807, 2.05) is 60.7 Å². The molecule has 0 amide bonds. The first-order valence-corrected chi connectivity index (χ1v) is 10.6. The van der Waals surface area contributed by atoms with Crippen molar-refractivity contribution in [3.8, 4) is 33.8 Å². The number of aromatic hydroxyl groups is 2. The molecule has 0 aliphatic carbocycles. The van der Waals surface area contributed by atoms with Gasteiger partial charge in [0.1, 0.15) is 11.5 Å². The molecule has 2 heteroatoms. The highest BCUT2D eigenvalue weighted by molar-refractivity contribution is 5.68. The summed E-state index contributed by atoms with van der Waals surface area (Å²) in [6, 6.07) is 31.4. The van der Waals surface area contributed by atoms with Crippen molar-refractivity contribution in [3.63, 3.8) is 0 Å². The maximum absolute atomic E-state index is 9.67. The third-order valence-corrected chi connectivity index (χ3v) is 5.09. The molecule has 4 aromatic carbocycles. The number of phenolic OH excluding ortho intramolecular Hbond substituents is 2. The van der Waals surface area contributed by atoms with Crippen LogP contribution in [0, 0.1) is 0 Å². The van der Waals surface area contributed by atoms with Gasteiger partial charge in [-0.05, 0) is 70.5 Å².